The summed E-state index contributed by atoms with van der Waals surface area (Å²) in [7, 11) is 1.39. The number of hydrogen-bond acceptors (Lipinski definition) is 2. The van der Waals surface area contributed by atoms with Gasteiger partial charge in [0.1, 0.15) is 0 Å². The summed E-state index contributed by atoms with van der Waals surface area (Å²) in [5.41, 5.74) is 2.81. The number of rotatable bonds is 3. The molecule has 0 aromatic heterocycles. The Balaban J connectivity index is 2.44. The fourth-order valence-electron chi connectivity index (χ4n) is 2.05. The van der Waals surface area contributed by atoms with Gasteiger partial charge in [-0.15, -0.1) is 0 Å². The van der Waals surface area contributed by atoms with Crippen molar-refractivity contribution in [1.29, 1.82) is 0 Å². The minimum absolute atomic E-state index is 0.129. The number of ketones is 1. The highest BCUT2D eigenvalue weighted by Gasteiger charge is 2.14. The Kier molecular flexibility index (Phi) is 4.23. The highest BCUT2D eigenvalue weighted by atomic mass is 79.9. The van der Waals surface area contributed by atoms with Crippen molar-refractivity contribution in [3.05, 3.63) is 62.9 Å². The van der Waals surface area contributed by atoms with Crippen LogP contribution in [0, 0.1) is 19.7 Å². The first-order valence-corrected chi connectivity index (χ1v) is 6.88. The highest BCUT2D eigenvalue weighted by Crippen LogP contribution is 2.25. The summed E-state index contributed by atoms with van der Waals surface area (Å²) >= 11 is 3.46. The van der Waals surface area contributed by atoms with Crippen LogP contribution in [0.1, 0.15) is 27.0 Å². The van der Waals surface area contributed by atoms with Gasteiger partial charge in [-0.25, -0.2) is 4.39 Å². The molecule has 0 aliphatic heterocycles. The Morgan fingerprint density at radius 1 is 1.10 bits per heavy atom. The molecule has 20 heavy (non-hydrogen) atoms. The number of aryl methyl sites for hydroxylation is 2. The minimum atomic E-state index is -0.538. The molecular weight excluding hydrogens is 323 g/mol. The maximum Gasteiger partial charge on any atom is 0.193 e. The third-order valence-electron chi connectivity index (χ3n) is 3.11. The first-order chi connectivity index (χ1) is 9.43. The molecule has 0 saturated carbocycles. The van der Waals surface area contributed by atoms with Crippen LogP contribution >= 0.6 is 15.9 Å². The van der Waals surface area contributed by atoms with Gasteiger partial charge in [-0.3, -0.25) is 4.79 Å². The van der Waals surface area contributed by atoms with Crippen LogP contribution in [-0.2, 0) is 0 Å². The quantitative estimate of drug-likeness (QED) is 0.774. The van der Waals surface area contributed by atoms with Gasteiger partial charge in [0, 0.05) is 15.6 Å². The Bertz CT molecular complexity index is 657. The second kappa shape index (κ2) is 5.75. The number of ether oxygens (including phenoxy) is 1. The first-order valence-electron chi connectivity index (χ1n) is 6.09. The van der Waals surface area contributed by atoms with Gasteiger partial charge in [0.25, 0.3) is 0 Å². The molecule has 0 spiro atoms. The van der Waals surface area contributed by atoms with Crippen LogP contribution in [0.25, 0.3) is 0 Å². The van der Waals surface area contributed by atoms with Crippen molar-refractivity contribution in [3.8, 4) is 5.75 Å². The number of halogens is 2. The summed E-state index contributed by atoms with van der Waals surface area (Å²) < 4.78 is 19.5. The van der Waals surface area contributed by atoms with Crippen molar-refractivity contribution >= 4 is 21.7 Å². The van der Waals surface area contributed by atoms with E-state index in [-0.39, 0.29) is 11.5 Å². The highest BCUT2D eigenvalue weighted by molar-refractivity contribution is 9.10. The van der Waals surface area contributed by atoms with Crippen LogP contribution in [0.5, 0.6) is 5.75 Å². The Labute approximate surface area is 125 Å². The Morgan fingerprint density at radius 2 is 1.70 bits per heavy atom. The van der Waals surface area contributed by atoms with Crippen LogP contribution < -0.4 is 4.74 Å². The van der Waals surface area contributed by atoms with Crippen molar-refractivity contribution in [1.82, 2.24) is 0 Å². The third-order valence-corrected chi connectivity index (χ3v) is 4.36. The molecule has 2 aromatic carbocycles. The van der Waals surface area contributed by atoms with E-state index in [0.29, 0.717) is 11.1 Å². The van der Waals surface area contributed by atoms with Gasteiger partial charge in [-0.05, 0) is 55.3 Å². The molecule has 0 radical (unpaired) electrons. The maximum absolute atomic E-state index is 13.7. The summed E-state index contributed by atoms with van der Waals surface area (Å²) in [5.74, 6) is -0.612. The molecule has 0 aliphatic carbocycles. The standard InChI is InChI=1S/C16H14BrFO2/c1-9-6-12(7-10(2)15(9)17)16(19)11-4-5-14(20-3)13(18)8-11/h4-8H,1-3H3. The van der Waals surface area contributed by atoms with Crippen LogP contribution in [0.15, 0.2) is 34.8 Å². The predicted octanol–water partition coefficient (Wildman–Crippen LogP) is 4.44. The van der Waals surface area contributed by atoms with E-state index in [9.17, 15) is 9.18 Å². The van der Waals surface area contributed by atoms with Crippen molar-refractivity contribution < 1.29 is 13.9 Å². The third kappa shape index (κ3) is 2.75. The van der Waals surface area contributed by atoms with Crippen molar-refractivity contribution in [2.45, 2.75) is 13.8 Å². The van der Waals surface area contributed by atoms with Gasteiger partial charge in [0.05, 0.1) is 7.11 Å². The topological polar surface area (TPSA) is 26.3 Å². The summed E-state index contributed by atoms with van der Waals surface area (Å²) in [6, 6.07) is 7.81. The van der Waals surface area contributed by atoms with Gasteiger partial charge in [0.15, 0.2) is 17.3 Å². The number of methoxy groups -OCH3 is 1. The monoisotopic (exact) mass is 336 g/mol. The van der Waals surface area contributed by atoms with E-state index >= 15 is 0 Å². The lowest BCUT2D eigenvalue weighted by atomic mass is 9.99. The molecule has 0 N–H and O–H groups in total. The average Bonchev–Trinajstić information content (AvgIpc) is 2.43. The van der Waals surface area contributed by atoms with Crippen molar-refractivity contribution in [3.63, 3.8) is 0 Å². The van der Waals surface area contributed by atoms with Crippen LogP contribution in [0.4, 0.5) is 4.39 Å². The van der Waals surface area contributed by atoms with Crippen molar-refractivity contribution in [2.75, 3.05) is 7.11 Å². The molecule has 0 unspecified atom stereocenters. The lowest BCUT2D eigenvalue weighted by Crippen LogP contribution is -2.04. The smallest absolute Gasteiger partial charge is 0.193 e. The van der Waals surface area contributed by atoms with Crippen molar-refractivity contribution in [2.24, 2.45) is 0 Å². The van der Waals surface area contributed by atoms with Crippen LogP contribution in [0.2, 0.25) is 0 Å². The molecule has 0 fully saturated rings. The molecule has 2 aromatic rings. The summed E-state index contributed by atoms with van der Waals surface area (Å²) in [6.45, 7) is 3.84. The van der Waals surface area contributed by atoms with E-state index in [1.807, 2.05) is 13.8 Å². The predicted molar refractivity (Wildman–Crippen MR) is 80.0 cm³/mol. The van der Waals surface area contributed by atoms with Crippen LogP contribution in [0.3, 0.4) is 0 Å². The number of carbonyl (C=O) groups is 1. The molecule has 2 rings (SSSR count). The first kappa shape index (κ1) is 14.7. The fourth-order valence-corrected chi connectivity index (χ4v) is 2.28. The summed E-state index contributed by atoms with van der Waals surface area (Å²) in [4.78, 5) is 12.4. The fraction of sp³-hybridized carbons (Fsp3) is 0.188. The van der Waals surface area contributed by atoms with E-state index in [1.54, 1.807) is 18.2 Å². The molecule has 2 nitrogen and oxygen atoms in total. The number of hydrogen-bond donors (Lipinski definition) is 0. The zero-order chi connectivity index (χ0) is 14.9. The molecule has 0 heterocycles. The summed E-state index contributed by atoms with van der Waals surface area (Å²) in [5, 5.41) is 0. The molecule has 0 amide bonds. The van der Waals surface area contributed by atoms with Crippen LogP contribution in [-0.4, -0.2) is 12.9 Å². The van der Waals surface area contributed by atoms with E-state index in [0.717, 1.165) is 15.6 Å². The van der Waals surface area contributed by atoms with Gasteiger partial charge in [0.2, 0.25) is 0 Å². The lowest BCUT2D eigenvalue weighted by Gasteiger charge is -2.08. The molecular formula is C16H14BrFO2. The van der Waals surface area contributed by atoms with E-state index in [2.05, 4.69) is 15.9 Å². The van der Waals surface area contributed by atoms with E-state index in [1.165, 1.54) is 19.2 Å². The van der Waals surface area contributed by atoms with Gasteiger partial charge in [-0.1, -0.05) is 15.9 Å². The lowest BCUT2D eigenvalue weighted by molar-refractivity contribution is 0.103. The summed E-state index contributed by atoms with van der Waals surface area (Å²) in [6.07, 6.45) is 0. The molecule has 4 heteroatoms. The van der Waals surface area contributed by atoms with Gasteiger partial charge >= 0.3 is 0 Å². The minimum Gasteiger partial charge on any atom is -0.494 e. The van der Waals surface area contributed by atoms with Gasteiger partial charge in [-0.2, -0.15) is 0 Å². The van der Waals surface area contributed by atoms with Gasteiger partial charge < -0.3 is 4.74 Å². The Morgan fingerprint density at radius 3 is 2.20 bits per heavy atom. The normalized spacial score (nSPS) is 10.4. The number of benzene rings is 2. The largest absolute Gasteiger partial charge is 0.494 e. The number of carbonyl (C=O) groups excluding carboxylic acids is 1. The Hall–Kier alpha value is -1.68. The molecule has 0 bridgehead atoms. The zero-order valence-electron chi connectivity index (χ0n) is 11.5. The van der Waals surface area contributed by atoms with E-state index < -0.39 is 5.82 Å². The second-order valence-electron chi connectivity index (χ2n) is 4.60. The zero-order valence-corrected chi connectivity index (χ0v) is 13.0. The van der Waals surface area contributed by atoms with E-state index in [4.69, 9.17) is 4.74 Å². The molecule has 104 valence electrons. The SMILES string of the molecule is COc1ccc(C(=O)c2cc(C)c(Br)c(C)c2)cc1F. The second-order valence-corrected chi connectivity index (χ2v) is 5.40. The maximum atomic E-state index is 13.7. The molecule has 0 aliphatic rings. The average molecular weight is 337 g/mol. The molecule has 0 atom stereocenters. The molecule has 0 saturated heterocycles.